The molecule has 86 valence electrons. The van der Waals surface area contributed by atoms with Gasteiger partial charge in [0.25, 0.3) is 5.91 Å². The summed E-state index contributed by atoms with van der Waals surface area (Å²) in [6.07, 6.45) is 1.63. The molecule has 0 bridgehead atoms. The normalized spacial score (nSPS) is 10.0. The second-order valence-electron chi connectivity index (χ2n) is 3.65. The van der Waals surface area contributed by atoms with Crippen molar-refractivity contribution in [1.82, 2.24) is 4.98 Å². The third-order valence-electron chi connectivity index (χ3n) is 2.30. The molecular weight excluding hydrogens is 280 g/mol. The van der Waals surface area contributed by atoms with Gasteiger partial charge >= 0.3 is 0 Å². The van der Waals surface area contributed by atoms with Crippen molar-refractivity contribution in [2.24, 2.45) is 0 Å². The predicted molar refractivity (Wildman–Crippen MR) is 71.1 cm³/mol. The Kier molecular flexibility index (Phi) is 3.54. The predicted octanol–water partition coefficient (Wildman–Crippen LogP) is 3.40. The Morgan fingerprint density at radius 1 is 1.24 bits per heavy atom. The molecular formula is C13H11BrN2O. The average molecular weight is 291 g/mol. The van der Waals surface area contributed by atoms with Crippen LogP contribution in [0.25, 0.3) is 0 Å². The van der Waals surface area contributed by atoms with Gasteiger partial charge in [0.05, 0.1) is 4.47 Å². The van der Waals surface area contributed by atoms with E-state index in [1.165, 1.54) is 0 Å². The van der Waals surface area contributed by atoms with Crippen LogP contribution in [-0.2, 0) is 0 Å². The number of hydrogen-bond donors (Lipinski definition) is 1. The van der Waals surface area contributed by atoms with Gasteiger partial charge in [0.15, 0.2) is 0 Å². The fourth-order valence-electron chi connectivity index (χ4n) is 1.36. The lowest BCUT2D eigenvalue weighted by Crippen LogP contribution is -2.13. The van der Waals surface area contributed by atoms with Crippen molar-refractivity contribution in [3.63, 3.8) is 0 Å². The number of anilines is 1. The smallest absolute Gasteiger partial charge is 0.256 e. The second-order valence-corrected chi connectivity index (χ2v) is 4.51. The van der Waals surface area contributed by atoms with Gasteiger partial charge in [-0.1, -0.05) is 17.7 Å². The van der Waals surface area contributed by atoms with Crippen LogP contribution in [0.1, 0.15) is 15.9 Å². The number of nitrogens with zero attached hydrogens (tertiary/aromatic N) is 1. The number of carbonyl (C=O) groups is 1. The molecule has 2 rings (SSSR count). The molecule has 0 saturated heterocycles. The minimum Gasteiger partial charge on any atom is -0.306 e. The molecule has 0 aliphatic heterocycles. The maximum atomic E-state index is 11.9. The molecule has 1 aromatic carbocycles. The van der Waals surface area contributed by atoms with Crippen molar-refractivity contribution >= 4 is 27.7 Å². The summed E-state index contributed by atoms with van der Waals surface area (Å²) in [5.41, 5.74) is 1.74. The van der Waals surface area contributed by atoms with Crippen molar-refractivity contribution in [3.8, 4) is 0 Å². The summed E-state index contributed by atoms with van der Waals surface area (Å²) >= 11 is 3.33. The lowest BCUT2D eigenvalue weighted by atomic mass is 10.1. The number of amides is 1. The van der Waals surface area contributed by atoms with E-state index in [0.717, 1.165) is 10.0 Å². The summed E-state index contributed by atoms with van der Waals surface area (Å²) in [6.45, 7) is 1.98. The maximum Gasteiger partial charge on any atom is 0.256 e. The standard InChI is InChI=1S/C13H11BrN2O/c1-9-4-6-10(7-5-9)13(17)16-12-11(14)3-2-8-15-12/h2-8H,1H3,(H,15,16,17). The van der Waals surface area contributed by atoms with E-state index in [2.05, 4.69) is 26.2 Å². The van der Waals surface area contributed by atoms with E-state index in [9.17, 15) is 4.79 Å². The molecule has 0 aliphatic rings. The minimum atomic E-state index is -0.163. The van der Waals surface area contributed by atoms with Crippen LogP contribution in [0.3, 0.4) is 0 Å². The molecule has 1 aromatic heterocycles. The largest absolute Gasteiger partial charge is 0.306 e. The summed E-state index contributed by atoms with van der Waals surface area (Å²) in [7, 11) is 0. The number of halogens is 1. The van der Waals surface area contributed by atoms with Gasteiger partial charge in [-0.25, -0.2) is 4.98 Å². The fraction of sp³-hybridized carbons (Fsp3) is 0.0769. The topological polar surface area (TPSA) is 42.0 Å². The van der Waals surface area contributed by atoms with E-state index >= 15 is 0 Å². The Morgan fingerprint density at radius 2 is 1.94 bits per heavy atom. The van der Waals surface area contributed by atoms with Gasteiger partial charge in [-0.3, -0.25) is 4.79 Å². The molecule has 2 aromatic rings. The Labute approximate surface area is 108 Å². The molecule has 0 unspecified atom stereocenters. The molecule has 3 nitrogen and oxygen atoms in total. The molecule has 17 heavy (non-hydrogen) atoms. The highest BCUT2D eigenvalue weighted by molar-refractivity contribution is 9.10. The first-order valence-corrected chi connectivity index (χ1v) is 5.94. The monoisotopic (exact) mass is 290 g/mol. The number of benzene rings is 1. The molecule has 0 spiro atoms. The fourth-order valence-corrected chi connectivity index (χ4v) is 1.72. The third kappa shape index (κ3) is 2.91. The van der Waals surface area contributed by atoms with Crippen molar-refractivity contribution in [3.05, 3.63) is 58.2 Å². The first-order valence-electron chi connectivity index (χ1n) is 5.15. The van der Waals surface area contributed by atoms with E-state index in [-0.39, 0.29) is 5.91 Å². The number of aromatic nitrogens is 1. The molecule has 4 heteroatoms. The number of aryl methyl sites for hydroxylation is 1. The Morgan fingerprint density at radius 3 is 2.59 bits per heavy atom. The van der Waals surface area contributed by atoms with E-state index in [1.807, 2.05) is 25.1 Å². The Bertz CT molecular complexity index is 537. The van der Waals surface area contributed by atoms with Gasteiger partial charge in [-0.15, -0.1) is 0 Å². The van der Waals surface area contributed by atoms with E-state index in [1.54, 1.807) is 24.4 Å². The number of rotatable bonds is 2. The molecule has 0 radical (unpaired) electrons. The van der Waals surface area contributed by atoms with Gasteiger partial charge in [0.1, 0.15) is 5.82 Å². The quantitative estimate of drug-likeness (QED) is 0.921. The van der Waals surface area contributed by atoms with Crippen LogP contribution >= 0.6 is 15.9 Å². The average Bonchev–Trinajstić information content (AvgIpc) is 2.33. The number of carbonyl (C=O) groups excluding carboxylic acids is 1. The molecule has 0 saturated carbocycles. The van der Waals surface area contributed by atoms with Crippen molar-refractivity contribution in [2.45, 2.75) is 6.92 Å². The van der Waals surface area contributed by atoms with Crippen LogP contribution < -0.4 is 5.32 Å². The maximum absolute atomic E-state index is 11.9. The van der Waals surface area contributed by atoms with Gasteiger partial charge in [-0.05, 0) is 47.1 Å². The Balaban J connectivity index is 2.17. The highest BCUT2D eigenvalue weighted by atomic mass is 79.9. The zero-order chi connectivity index (χ0) is 12.3. The van der Waals surface area contributed by atoms with Crippen LogP contribution in [-0.4, -0.2) is 10.9 Å². The highest BCUT2D eigenvalue weighted by Crippen LogP contribution is 2.19. The van der Waals surface area contributed by atoms with Crippen LogP contribution in [0.5, 0.6) is 0 Å². The number of pyridine rings is 1. The van der Waals surface area contributed by atoms with Crippen LogP contribution in [0.4, 0.5) is 5.82 Å². The van der Waals surface area contributed by atoms with E-state index in [4.69, 9.17) is 0 Å². The van der Waals surface area contributed by atoms with Gasteiger partial charge in [0.2, 0.25) is 0 Å². The van der Waals surface area contributed by atoms with Crippen LogP contribution in [0.15, 0.2) is 47.1 Å². The van der Waals surface area contributed by atoms with Gasteiger partial charge in [-0.2, -0.15) is 0 Å². The Hall–Kier alpha value is -1.68. The van der Waals surface area contributed by atoms with Gasteiger partial charge in [0, 0.05) is 11.8 Å². The summed E-state index contributed by atoms with van der Waals surface area (Å²) in [5, 5.41) is 2.75. The summed E-state index contributed by atoms with van der Waals surface area (Å²) in [4.78, 5) is 16.0. The van der Waals surface area contributed by atoms with E-state index < -0.39 is 0 Å². The zero-order valence-electron chi connectivity index (χ0n) is 9.27. The summed E-state index contributed by atoms with van der Waals surface area (Å²) < 4.78 is 0.764. The second kappa shape index (κ2) is 5.10. The van der Waals surface area contributed by atoms with Crippen molar-refractivity contribution in [2.75, 3.05) is 5.32 Å². The van der Waals surface area contributed by atoms with Crippen molar-refractivity contribution < 1.29 is 4.79 Å². The minimum absolute atomic E-state index is 0.163. The lowest BCUT2D eigenvalue weighted by molar-refractivity contribution is 0.102. The van der Waals surface area contributed by atoms with Crippen molar-refractivity contribution in [1.29, 1.82) is 0 Å². The summed E-state index contributed by atoms with van der Waals surface area (Å²) in [5.74, 6) is 0.363. The lowest BCUT2D eigenvalue weighted by Gasteiger charge is -2.06. The van der Waals surface area contributed by atoms with Gasteiger partial charge < -0.3 is 5.32 Å². The molecule has 0 aliphatic carbocycles. The highest BCUT2D eigenvalue weighted by Gasteiger charge is 2.08. The zero-order valence-corrected chi connectivity index (χ0v) is 10.9. The number of hydrogen-bond acceptors (Lipinski definition) is 2. The van der Waals surface area contributed by atoms with Crippen LogP contribution in [0, 0.1) is 6.92 Å². The van der Waals surface area contributed by atoms with Crippen LogP contribution in [0.2, 0.25) is 0 Å². The molecule has 0 fully saturated rings. The molecule has 1 N–H and O–H groups in total. The van der Waals surface area contributed by atoms with E-state index in [0.29, 0.717) is 11.4 Å². The SMILES string of the molecule is Cc1ccc(C(=O)Nc2ncccc2Br)cc1. The summed E-state index contributed by atoms with van der Waals surface area (Å²) in [6, 6.07) is 11.0. The molecule has 1 amide bonds. The molecule has 1 heterocycles. The first kappa shape index (κ1) is 11.8. The first-order chi connectivity index (χ1) is 8.16. The molecule has 0 atom stereocenters. The third-order valence-corrected chi connectivity index (χ3v) is 2.94. The number of nitrogens with one attached hydrogen (secondary N) is 1.